The van der Waals surface area contributed by atoms with Gasteiger partial charge in [0.2, 0.25) is 0 Å². The molecular weight excluding hydrogens is 284 g/mol. The van der Waals surface area contributed by atoms with E-state index >= 15 is 0 Å². The Morgan fingerprint density at radius 2 is 2.05 bits per heavy atom. The molecule has 3 aromatic rings. The van der Waals surface area contributed by atoms with Crippen molar-refractivity contribution in [3.05, 3.63) is 47.0 Å². The number of aromatic nitrogens is 2. The van der Waals surface area contributed by atoms with Crippen LogP contribution >= 0.6 is 11.6 Å². The van der Waals surface area contributed by atoms with Crippen LogP contribution in [-0.4, -0.2) is 14.7 Å². The van der Waals surface area contributed by atoms with Crippen molar-refractivity contribution >= 4 is 22.6 Å². The highest BCUT2D eigenvalue weighted by Crippen LogP contribution is 2.42. The van der Waals surface area contributed by atoms with Gasteiger partial charge in [0.05, 0.1) is 11.0 Å². The number of nitrogens with zero attached hydrogens (tertiary/aromatic N) is 2. The average Bonchev–Trinajstić information content (AvgIpc) is 3.23. The van der Waals surface area contributed by atoms with Crippen molar-refractivity contribution < 1.29 is 5.11 Å². The smallest absolute Gasteiger partial charge is 0.141 e. The molecule has 1 N–H and O–H groups in total. The summed E-state index contributed by atoms with van der Waals surface area (Å²) < 4.78 is 2.27. The zero-order chi connectivity index (χ0) is 14.6. The van der Waals surface area contributed by atoms with E-state index in [2.05, 4.69) is 4.57 Å². The molecular formula is C17H15ClN2O. The minimum atomic E-state index is 0.305. The van der Waals surface area contributed by atoms with Crippen molar-refractivity contribution in [2.24, 2.45) is 0 Å². The number of hydrogen-bond acceptors (Lipinski definition) is 2. The van der Waals surface area contributed by atoms with Crippen LogP contribution in [0.3, 0.4) is 0 Å². The Hall–Kier alpha value is -2.00. The molecule has 0 bridgehead atoms. The number of halogens is 1. The summed E-state index contributed by atoms with van der Waals surface area (Å²) in [6.07, 6.45) is 2.34. The van der Waals surface area contributed by atoms with E-state index in [9.17, 15) is 5.11 Å². The molecule has 0 aliphatic heterocycles. The molecule has 4 heteroatoms. The van der Waals surface area contributed by atoms with Gasteiger partial charge in [0.15, 0.2) is 0 Å². The second-order valence-electron chi connectivity index (χ2n) is 5.62. The van der Waals surface area contributed by atoms with Crippen molar-refractivity contribution in [1.82, 2.24) is 9.55 Å². The molecule has 1 aromatic heterocycles. The van der Waals surface area contributed by atoms with Crippen molar-refractivity contribution in [1.29, 1.82) is 0 Å². The molecule has 1 fully saturated rings. The van der Waals surface area contributed by atoms with Gasteiger partial charge in [-0.15, -0.1) is 0 Å². The van der Waals surface area contributed by atoms with Gasteiger partial charge in [0.1, 0.15) is 11.6 Å². The van der Waals surface area contributed by atoms with Gasteiger partial charge in [0, 0.05) is 22.2 Å². The van der Waals surface area contributed by atoms with Crippen molar-refractivity contribution in [2.75, 3.05) is 0 Å². The lowest BCUT2D eigenvalue weighted by molar-refractivity contribution is 0.471. The summed E-state index contributed by atoms with van der Waals surface area (Å²) >= 11 is 6.15. The fourth-order valence-electron chi connectivity index (χ4n) is 2.82. The fourth-order valence-corrected chi connectivity index (χ4v) is 2.99. The van der Waals surface area contributed by atoms with E-state index in [1.165, 1.54) is 12.8 Å². The first-order chi connectivity index (χ1) is 10.1. The predicted molar refractivity (Wildman–Crippen MR) is 84.9 cm³/mol. The number of aromatic hydroxyl groups is 1. The van der Waals surface area contributed by atoms with E-state index in [0.717, 1.165) is 33.0 Å². The van der Waals surface area contributed by atoms with Gasteiger partial charge in [-0.25, -0.2) is 4.98 Å². The van der Waals surface area contributed by atoms with E-state index in [1.807, 2.05) is 37.3 Å². The summed E-state index contributed by atoms with van der Waals surface area (Å²) in [6, 6.07) is 11.9. The predicted octanol–water partition coefficient (Wildman–Crippen LogP) is 4.71. The van der Waals surface area contributed by atoms with Gasteiger partial charge in [-0.05, 0) is 44.0 Å². The second kappa shape index (κ2) is 4.50. The van der Waals surface area contributed by atoms with E-state index in [0.29, 0.717) is 11.8 Å². The lowest BCUT2D eigenvalue weighted by Crippen LogP contribution is -1.98. The molecule has 0 saturated heterocycles. The molecule has 4 rings (SSSR count). The molecule has 0 amide bonds. The Morgan fingerprint density at radius 3 is 2.81 bits per heavy atom. The summed E-state index contributed by atoms with van der Waals surface area (Å²) in [5.41, 5.74) is 3.86. The number of hydrogen-bond donors (Lipinski definition) is 1. The third-order valence-electron chi connectivity index (χ3n) is 4.11. The van der Waals surface area contributed by atoms with Crippen molar-refractivity contribution in [3.63, 3.8) is 0 Å². The standard InChI is InChI=1S/C17H15ClN2O/c1-10-13(3-2-4-16(10)21)17-19-14-8-5-11(18)9-15(14)20(17)12-6-7-12/h2-5,8-9,12,21H,6-7H2,1H3. The van der Waals surface area contributed by atoms with Crippen LogP contribution in [0, 0.1) is 6.92 Å². The molecule has 2 aromatic carbocycles. The summed E-state index contributed by atoms with van der Waals surface area (Å²) in [5.74, 6) is 1.23. The van der Waals surface area contributed by atoms with Gasteiger partial charge < -0.3 is 9.67 Å². The maximum atomic E-state index is 9.97. The lowest BCUT2D eigenvalue weighted by Gasteiger charge is -2.11. The average molecular weight is 299 g/mol. The van der Waals surface area contributed by atoms with Gasteiger partial charge in [-0.1, -0.05) is 23.7 Å². The maximum absolute atomic E-state index is 9.97. The Kier molecular flexibility index (Phi) is 2.73. The zero-order valence-corrected chi connectivity index (χ0v) is 12.4. The lowest BCUT2D eigenvalue weighted by atomic mass is 10.1. The molecule has 1 saturated carbocycles. The monoisotopic (exact) mass is 298 g/mol. The first-order valence-corrected chi connectivity index (χ1v) is 7.49. The largest absolute Gasteiger partial charge is 0.508 e. The summed E-state index contributed by atoms with van der Waals surface area (Å²) in [5, 5.41) is 10.7. The second-order valence-corrected chi connectivity index (χ2v) is 6.06. The third-order valence-corrected chi connectivity index (χ3v) is 4.34. The van der Waals surface area contributed by atoms with Crippen molar-refractivity contribution in [2.45, 2.75) is 25.8 Å². The van der Waals surface area contributed by atoms with Crippen molar-refractivity contribution in [3.8, 4) is 17.1 Å². The molecule has 21 heavy (non-hydrogen) atoms. The van der Waals surface area contributed by atoms with Gasteiger partial charge in [0.25, 0.3) is 0 Å². The Balaban J connectivity index is 2.04. The molecule has 1 heterocycles. The summed E-state index contributed by atoms with van der Waals surface area (Å²) in [4.78, 5) is 4.78. The first-order valence-electron chi connectivity index (χ1n) is 7.11. The quantitative estimate of drug-likeness (QED) is 0.744. The van der Waals surface area contributed by atoms with Crippen LogP contribution in [0.1, 0.15) is 24.4 Å². The fraction of sp³-hybridized carbons (Fsp3) is 0.235. The number of imidazole rings is 1. The zero-order valence-electron chi connectivity index (χ0n) is 11.7. The summed E-state index contributed by atoms with van der Waals surface area (Å²) in [6.45, 7) is 1.92. The van der Waals surface area contributed by atoms with Gasteiger partial charge >= 0.3 is 0 Å². The highest BCUT2D eigenvalue weighted by molar-refractivity contribution is 6.31. The van der Waals surface area contributed by atoms with Gasteiger partial charge in [-0.2, -0.15) is 0 Å². The highest BCUT2D eigenvalue weighted by Gasteiger charge is 2.29. The van der Waals surface area contributed by atoms with Crippen LogP contribution in [0.2, 0.25) is 5.02 Å². The van der Waals surface area contributed by atoms with Crippen LogP contribution in [0.25, 0.3) is 22.4 Å². The number of phenols is 1. The molecule has 0 unspecified atom stereocenters. The van der Waals surface area contributed by atoms with E-state index in [-0.39, 0.29) is 0 Å². The molecule has 106 valence electrons. The SMILES string of the molecule is Cc1c(O)cccc1-c1nc2ccc(Cl)cc2n1C1CC1. The first kappa shape index (κ1) is 12.7. The molecule has 0 radical (unpaired) electrons. The van der Waals surface area contributed by atoms with Crippen LogP contribution < -0.4 is 0 Å². The summed E-state index contributed by atoms with van der Waals surface area (Å²) in [7, 11) is 0. The van der Waals surface area contributed by atoms with E-state index in [1.54, 1.807) is 6.07 Å². The molecule has 0 atom stereocenters. The highest BCUT2D eigenvalue weighted by atomic mass is 35.5. The number of benzene rings is 2. The van der Waals surface area contributed by atoms with Gasteiger partial charge in [-0.3, -0.25) is 0 Å². The van der Waals surface area contributed by atoms with Crippen LogP contribution in [0.5, 0.6) is 5.75 Å². The molecule has 3 nitrogen and oxygen atoms in total. The Labute approximate surface area is 127 Å². The molecule has 0 spiro atoms. The Bertz CT molecular complexity index is 849. The van der Waals surface area contributed by atoms with Crippen LogP contribution in [0.4, 0.5) is 0 Å². The Morgan fingerprint density at radius 1 is 1.24 bits per heavy atom. The number of fused-ring (bicyclic) bond motifs is 1. The minimum Gasteiger partial charge on any atom is -0.508 e. The minimum absolute atomic E-state index is 0.305. The number of rotatable bonds is 2. The van der Waals surface area contributed by atoms with Crippen LogP contribution in [0.15, 0.2) is 36.4 Å². The van der Waals surface area contributed by atoms with E-state index in [4.69, 9.17) is 16.6 Å². The molecule has 1 aliphatic carbocycles. The maximum Gasteiger partial charge on any atom is 0.141 e. The normalized spacial score (nSPS) is 14.8. The van der Waals surface area contributed by atoms with Crippen LogP contribution in [-0.2, 0) is 0 Å². The third kappa shape index (κ3) is 2.00. The topological polar surface area (TPSA) is 38.1 Å². The molecule has 1 aliphatic rings. The van der Waals surface area contributed by atoms with E-state index < -0.39 is 0 Å². The number of phenolic OH excluding ortho intramolecular Hbond substituents is 1.